The van der Waals surface area contributed by atoms with Gasteiger partial charge in [-0.1, -0.05) is 60.7 Å². The number of fused-ring (bicyclic) bond motifs is 5. The number of imide groups is 2. The first-order chi connectivity index (χ1) is 15.4. The topological polar surface area (TPSA) is 81.2 Å². The van der Waals surface area contributed by atoms with Crippen molar-refractivity contribution in [3.8, 4) is 0 Å². The van der Waals surface area contributed by atoms with Crippen molar-refractivity contribution < 1.29 is 19.2 Å². The number of likely N-dealkylation sites (N-methyl/N-ethyl adjacent to an activating group) is 2. The summed E-state index contributed by atoms with van der Waals surface area (Å²) in [5, 5.41) is 3.75. The van der Waals surface area contributed by atoms with Crippen molar-refractivity contribution >= 4 is 23.6 Å². The summed E-state index contributed by atoms with van der Waals surface area (Å²) in [6.45, 7) is 0. The molecule has 32 heavy (non-hydrogen) atoms. The van der Waals surface area contributed by atoms with Gasteiger partial charge in [0.15, 0.2) is 0 Å². The summed E-state index contributed by atoms with van der Waals surface area (Å²) in [4.78, 5) is 55.5. The van der Waals surface area contributed by atoms with E-state index in [1.165, 1.54) is 23.9 Å². The van der Waals surface area contributed by atoms with Crippen LogP contribution in [0.3, 0.4) is 0 Å². The molecule has 6 atom stereocenters. The summed E-state index contributed by atoms with van der Waals surface area (Å²) in [5.41, 5.74) is 1.70. The maximum Gasteiger partial charge on any atom is 0.248 e. The van der Waals surface area contributed by atoms with Gasteiger partial charge in [0, 0.05) is 14.1 Å². The number of hydrogen-bond donors (Lipinski definition) is 0. The van der Waals surface area contributed by atoms with Crippen molar-refractivity contribution in [3.63, 3.8) is 0 Å². The lowest BCUT2D eigenvalue weighted by molar-refractivity contribution is -0.151. The third kappa shape index (κ3) is 2.23. The van der Waals surface area contributed by atoms with E-state index >= 15 is 0 Å². The molecule has 4 aliphatic rings. The van der Waals surface area contributed by atoms with Crippen molar-refractivity contribution in [2.75, 3.05) is 14.1 Å². The molecule has 2 aromatic carbocycles. The number of benzene rings is 2. The molecule has 0 aliphatic carbocycles. The van der Waals surface area contributed by atoms with E-state index in [0.29, 0.717) is 0 Å². The Morgan fingerprint density at radius 1 is 0.500 bits per heavy atom. The molecule has 8 nitrogen and oxygen atoms in total. The van der Waals surface area contributed by atoms with Crippen LogP contribution in [0, 0.1) is 11.8 Å². The molecule has 0 aromatic heterocycles. The van der Waals surface area contributed by atoms with Crippen LogP contribution >= 0.6 is 0 Å². The zero-order valence-corrected chi connectivity index (χ0v) is 17.7. The molecule has 4 amide bonds. The fourth-order valence-electron chi connectivity index (χ4n) is 6.08. The van der Waals surface area contributed by atoms with E-state index in [1.807, 2.05) is 70.7 Å². The first-order valence-corrected chi connectivity index (χ1v) is 10.7. The van der Waals surface area contributed by atoms with Crippen LogP contribution in [0.2, 0.25) is 0 Å². The van der Waals surface area contributed by atoms with Gasteiger partial charge < -0.3 is 0 Å². The Labute approximate surface area is 185 Å². The number of amides is 4. The molecular formula is C24H22N4O4. The Morgan fingerprint density at radius 2 is 0.844 bits per heavy atom. The zero-order chi connectivity index (χ0) is 22.3. The maximum absolute atomic E-state index is 13.3. The van der Waals surface area contributed by atoms with Gasteiger partial charge in [-0.15, -0.1) is 0 Å². The summed E-state index contributed by atoms with van der Waals surface area (Å²) >= 11 is 0. The average Bonchev–Trinajstić information content (AvgIpc) is 3.46. The lowest BCUT2D eigenvalue weighted by atomic mass is 9.84. The van der Waals surface area contributed by atoms with Crippen molar-refractivity contribution in [2.45, 2.75) is 24.2 Å². The molecule has 162 valence electrons. The number of hydrazine groups is 1. The molecule has 4 heterocycles. The van der Waals surface area contributed by atoms with Gasteiger partial charge in [0.2, 0.25) is 23.6 Å². The van der Waals surface area contributed by atoms with Gasteiger partial charge in [0.05, 0.1) is 23.9 Å². The summed E-state index contributed by atoms with van der Waals surface area (Å²) in [6, 6.07) is 16.4. The predicted molar refractivity (Wildman–Crippen MR) is 112 cm³/mol. The Morgan fingerprint density at radius 3 is 1.19 bits per heavy atom. The molecule has 2 aromatic rings. The summed E-state index contributed by atoms with van der Waals surface area (Å²) in [7, 11) is 3.02. The van der Waals surface area contributed by atoms with Gasteiger partial charge in [-0.2, -0.15) is 0 Å². The van der Waals surface area contributed by atoms with E-state index in [0.717, 1.165) is 11.1 Å². The van der Waals surface area contributed by atoms with Crippen LogP contribution in [0.4, 0.5) is 0 Å². The number of rotatable bonds is 2. The third-order valence-corrected chi connectivity index (χ3v) is 7.45. The quantitative estimate of drug-likeness (QED) is 0.661. The molecule has 0 spiro atoms. The lowest BCUT2D eigenvalue weighted by Gasteiger charge is -2.35. The van der Waals surface area contributed by atoms with Gasteiger partial charge in [0.1, 0.15) is 12.1 Å². The second kappa shape index (κ2) is 6.57. The highest BCUT2D eigenvalue weighted by Crippen LogP contribution is 2.58. The highest BCUT2D eigenvalue weighted by atomic mass is 16.2. The van der Waals surface area contributed by atoms with Gasteiger partial charge in [-0.05, 0) is 11.1 Å². The van der Waals surface area contributed by atoms with Gasteiger partial charge >= 0.3 is 0 Å². The minimum Gasteiger partial charge on any atom is -0.284 e. The summed E-state index contributed by atoms with van der Waals surface area (Å²) in [5.74, 6) is -2.38. The number of likely N-dealkylation sites (tertiary alicyclic amines) is 2. The van der Waals surface area contributed by atoms with E-state index in [9.17, 15) is 19.2 Å². The lowest BCUT2D eigenvalue weighted by Crippen LogP contribution is -2.49. The molecule has 0 N–H and O–H groups in total. The molecule has 8 heteroatoms. The Bertz CT molecular complexity index is 1060. The van der Waals surface area contributed by atoms with Crippen molar-refractivity contribution in [1.29, 1.82) is 0 Å². The zero-order valence-electron chi connectivity index (χ0n) is 17.7. The van der Waals surface area contributed by atoms with Crippen LogP contribution in [0.1, 0.15) is 23.2 Å². The van der Waals surface area contributed by atoms with Gasteiger partial charge in [0.25, 0.3) is 0 Å². The van der Waals surface area contributed by atoms with E-state index in [4.69, 9.17) is 0 Å². The van der Waals surface area contributed by atoms with Crippen LogP contribution in [0.5, 0.6) is 0 Å². The number of carbonyl (C=O) groups excluding carboxylic acids is 4. The Balaban J connectivity index is 1.60. The molecular weight excluding hydrogens is 408 g/mol. The number of nitrogens with zero attached hydrogens (tertiary/aromatic N) is 4. The number of carbonyl (C=O) groups is 4. The molecule has 4 fully saturated rings. The minimum absolute atomic E-state index is 0.253. The molecule has 0 radical (unpaired) electrons. The average molecular weight is 430 g/mol. The van der Waals surface area contributed by atoms with Crippen molar-refractivity contribution in [2.24, 2.45) is 11.8 Å². The van der Waals surface area contributed by atoms with Crippen LogP contribution in [0.15, 0.2) is 60.7 Å². The largest absolute Gasteiger partial charge is 0.284 e. The molecule has 4 aliphatic heterocycles. The summed E-state index contributed by atoms with van der Waals surface area (Å²) < 4.78 is 0. The molecule has 6 rings (SSSR count). The highest BCUT2D eigenvalue weighted by molar-refractivity contribution is 6.10. The Kier molecular flexibility index (Phi) is 3.97. The third-order valence-electron chi connectivity index (χ3n) is 7.45. The first kappa shape index (κ1) is 19.3. The smallest absolute Gasteiger partial charge is 0.248 e. The molecule has 0 bridgehead atoms. The highest BCUT2D eigenvalue weighted by Gasteiger charge is 2.72. The maximum atomic E-state index is 13.3. The minimum atomic E-state index is -0.751. The fraction of sp³-hybridized carbons (Fsp3) is 0.333. The van der Waals surface area contributed by atoms with Crippen molar-refractivity contribution in [3.05, 3.63) is 71.8 Å². The second-order valence-electron chi connectivity index (χ2n) is 8.88. The predicted octanol–water partition coefficient (Wildman–Crippen LogP) is 0.982. The van der Waals surface area contributed by atoms with Crippen molar-refractivity contribution in [1.82, 2.24) is 19.8 Å². The molecule has 0 saturated carbocycles. The monoisotopic (exact) mass is 430 g/mol. The standard InChI is InChI=1S/C24H22N4O4/c1-25-21(29)15-17(13-9-5-3-6-10-13)28-20-16(22(30)26(2)24(20)32)18(14-11-7-4-8-12-14)27(28)19(15)23(25)31/h3-12,15-20H,1-2H3/t15-,16+,17-,18+,19+,20-. The van der Waals surface area contributed by atoms with E-state index < -0.39 is 36.0 Å². The van der Waals surface area contributed by atoms with Crippen LogP contribution in [-0.2, 0) is 19.2 Å². The second-order valence-corrected chi connectivity index (χ2v) is 8.88. The summed E-state index contributed by atoms with van der Waals surface area (Å²) in [6.07, 6.45) is 0. The van der Waals surface area contributed by atoms with E-state index in [1.54, 1.807) is 0 Å². The van der Waals surface area contributed by atoms with Crippen LogP contribution in [-0.4, -0.2) is 69.6 Å². The molecule has 0 unspecified atom stereocenters. The van der Waals surface area contributed by atoms with E-state index in [2.05, 4.69) is 0 Å². The fourth-order valence-corrected chi connectivity index (χ4v) is 6.08. The first-order valence-electron chi connectivity index (χ1n) is 10.7. The van der Waals surface area contributed by atoms with Gasteiger partial charge in [-0.3, -0.25) is 29.0 Å². The SMILES string of the molecule is CN1C(=O)[C@H]2[C@@H](C1=O)N1[C@@H](c3ccccc3)[C@@H]3C(=O)N(C)C(=O)[C@@H]3N1[C@@H]2c1ccccc1. The molecule has 4 saturated heterocycles. The van der Waals surface area contributed by atoms with Crippen LogP contribution < -0.4 is 0 Å². The normalized spacial score (nSPS) is 34.4. The van der Waals surface area contributed by atoms with E-state index in [-0.39, 0.29) is 23.6 Å². The Hall–Kier alpha value is -3.36. The van der Waals surface area contributed by atoms with Gasteiger partial charge in [-0.25, -0.2) is 10.0 Å². The van der Waals surface area contributed by atoms with Crippen LogP contribution in [0.25, 0.3) is 0 Å². The number of hydrogen-bond acceptors (Lipinski definition) is 6.